The van der Waals surface area contributed by atoms with Crippen LogP contribution in [0.2, 0.25) is 10.0 Å². The minimum atomic E-state index is -0.512. The maximum atomic E-state index is 11.9. The zero-order chi connectivity index (χ0) is 16.8. The second-order valence-electron chi connectivity index (χ2n) is 4.90. The first-order valence-electron chi connectivity index (χ1n) is 6.91. The molecule has 120 valence electrons. The average Bonchev–Trinajstić information content (AvgIpc) is 2.54. The standard InChI is InChI=1S/C17H15Cl2NO3/c1-11-4-2-3-5-13(11)10-23-16(21)9-20-17(22)12-6-7-14(18)15(19)8-12/h2-8H,9-10H2,1H3,(H,20,22). The van der Waals surface area contributed by atoms with E-state index in [9.17, 15) is 9.59 Å². The van der Waals surface area contributed by atoms with Crippen LogP contribution < -0.4 is 5.32 Å². The van der Waals surface area contributed by atoms with E-state index in [1.54, 1.807) is 0 Å². The van der Waals surface area contributed by atoms with Crippen molar-refractivity contribution < 1.29 is 14.3 Å². The number of halogens is 2. The number of hydrogen-bond acceptors (Lipinski definition) is 3. The van der Waals surface area contributed by atoms with Gasteiger partial charge in [0.15, 0.2) is 0 Å². The van der Waals surface area contributed by atoms with Gasteiger partial charge < -0.3 is 10.1 Å². The molecular formula is C17H15Cl2NO3. The second-order valence-corrected chi connectivity index (χ2v) is 5.71. The first-order chi connectivity index (χ1) is 11.0. The molecule has 4 nitrogen and oxygen atoms in total. The van der Waals surface area contributed by atoms with Crippen LogP contribution in [0.25, 0.3) is 0 Å². The summed E-state index contributed by atoms with van der Waals surface area (Å²) < 4.78 is 5.14. The van der Waals surface area contributed by atoms with Crippen molar-refractivity contribution in [3.05, 3.63) is 69.2 Å². The molecule has 6 heteroatoms. The Morgan fingerprint density at radius 2 is 1.83 bits per heavy atom. The van der Waals surface area contributed by atoms with E-state index in [4.69, 9.17) is 27.9 Å². The molecule has 0 aliphatic heterocycles. The van der Waals surface area contributed by atoms with Gasteiger partial charge in [-0.1, -0.05) is 47.5 Å². The molecule has 1 N–H and O–H groups in total. The van der Waals surface area contributed by atoms with E-state index in [1.807, 2.05) is 31.2 Å². The van der Waals surface area contributed by atoms with Crippen LogP contribution in [-0.4, -0.2) is 18.4 Å². The molecule has 0 aromatic heterocycles. The van der Waals surface area contributed by atoms with E-state index in [1.165, 1.54) is 18.2 Å². The van der Waals surface area contributed by atoms with Crippen LogP contribution in [0.1, 0.15) is 21.5 Å². The van der Waals surface area contributed by atoms with Crippen LogP contribution in [0.4, 0.5) is 0 Å². The van der Waals surface area contributed by atoms with E-state index in [2.05, 4.69) is 5.32 Å². The first-order valence-corrected chi connectivity index (χ1v) is 7.66. The predicted octanol–water partition coefficient (Wildman–Crippen LogP) is 3.78. The number of esters is 1. The van der Waals surface area contributed by atoms with Crippen molar-refractivity contribution >= 4 is 35.1 Å². The lowest BCUT2D eigenvalue weighted by Crippen LogP contribution is -2.30. The van der Waals surface area contributed by atoms with Crippen LogP contribution in [0.5, 0.6) is 0 Å². The highest BCUT2D eigenvalue weighted by Crippen LogP contribution is 2.22. The molecule has 0 atom stereocenters. The number of carbonyl (C=O) groups excluding carboxylic acids is 2. The van der Waals surface area contributed by atoms with Gasteiger partial charge in [-0.05, 0) is 36.2 Å². The number of nitrogens with one attached hydrogen (secondary N) is 1. The van der Waals surface area contributed by atoms with E-state index in [-0.39, 0.29) is 18.2 Å². The second kappa shape index (κ2) is 7.99. The Bertz CT molecular complexity index is 732. The van der Waals surface area contributed by atoms with Crippen LogP contribution >= 0.6 is 23.2 Å². The smallest absolute Gasteiger partial charge is 0.325 e. The molecule has 2 aromatic rings. The minimum Gasteiger partial charge on any atom is -0.459 e. The van der Waals surface area contributed by atoms with Gasteiger partial charge in [-0.2, -0.15) is 0 Å². The predicted molar refractivity (Wildman–Crippen MR) is 89.8 cm³/mol. The molecule has 0 aliphatic carbocycles. The Hall–Kier alpha value is -2.04. The molecule has 1 amide bonds. The normalized spacial score (nSPS) is 10.2. The highest BCUT2D eigenvalue weighted by molar-refractivity contribution is 6.42. The molecule has 0 spiro atoms. The summed E-state index contributed by atoms with van der Waals surface area (Å²) in [7, 11) is 0. The fraction of sp³-hybridized carbons (Fsp3) is 0.176. The number of amides is 1. The van der Waals surface area contributed by atoms with Gasteiger partial charge in [-0.25, -0.2) is 0 Å². The number of hydrogen-bond donors (Lipinski definition) is 1. The summed E-state index contributed by atoms with van der Waals surface area (Å²) in [5.74, 6) is -0.932. The molecule has 0 unspecified atom stereocenters. The van der Waals surface area contributed by atoms with E-state index >= 15 is 0 Å². The number of aryl methyl sites for hydroxylation is 1. The zero-order valence-electron chi connectivity index (χ0n) is 12.4. The van der Waals surface area contributed by atoms with E-state index in [0.717, 1.165) is 11.1 Å². The van der Waals surface area contributed by atoms with Crippen LogP contribution in [0, 0.1) is 6.92 Å². The summed E-state index contributed by atoms with van der Waals surface area (Å²) in [5.41, 5.74) is 2.29. The van der Waals surface area contributed by atoms with Gasteiger partial charge in [-0.3, -0.25) is 9.59 Å². The van der Waals surface area contributed by atoms with Crippen LogP contribution in [-0.2, 0) is 16.1 Å². The summed E-state index contributed by atoms with van der Waals surface area (Å²) in [4.78, 5) is 23.6. The van der Waals surface area contributed by atoms with Crippen LogP contribution in [0.15, 0.2) is 42.5 Å². The van der Waals surface area contributed by atoms with Gasteiger partial charge >= 0.3 is 5.97 Å². The van der Waals surface area contributed by atoms with Gasteiger partial charge in [0.1, 0.15) is 13.2 Å². The first kappa shape index (κ1) is 17.3. The lowest BCUT2D eigenvalue weighted by Gasteiger charge is -2.08. The van der Waals surface area contributed by atoms with Crippen molar-refractivity contribution in [2.45, 2.75) is 13.5 Å². The largest absolute Gasteiger partial charge is 0.459 e. The molecule has 23 heavy (non-hydrogen) atoms. The quantitative estimate of drug-likeness (QED) is 0.834. The lowest BCUT2D eigenvalue weighted by atomic mass is 10.1. The van der Waals surface area contributed by atoms with Crippen molar-refractivity contribution in [3.63, 3.8) is 0 Å². The van der Waals surface area contributed by atoms with Crippen molar-refractivity contribution in [2.24, 2.45) is 0 Å². The van der Waals surface area contributed by atoms with Crippen molar-refractivity contribution in [3.8, 4) is 0 Å². The fourth-order valence-corrected chi connectivity index (χ4v) is 2.17. The van der Waals surface area contributed by atoms with Crippen molar-refractivity contribution in [2.75, 3.05) is 6.54 Å². The van der Waals surface area contributed by atoms with E-state index < -0.39 is 11.9 Å². The highest BCUT2D eigenvalue weighted by Gasteiger charge is 2.11. The van der Waals surface area contributed by atoms with Gasteiger partial charge in [-0.15, -0.1) is 0 Å². The third-order valence-electron chi connectivity index (χ3n) is 3.22. The molecule has 0 bridgehead atoms. The van der Waals surface area contributed by atoms with E-state index in [0.29, 0.717) is 10.6 Å². The molecule has 0 fully saturated rings. The third-order valence-corrected chi connectivity index (χ3v) is 3.96. The molecule has 2 aromatic carbocycles. The number of ether oxygens (including phenoxy) is 1. The van der Waals surface area contributed by atoms with Crippen molar-refractivity contribution in [1.29, 1.82) is 0 Å². The molecule has 0 radical (unpaired) electrons. The fourth-order valence-electron chi connectivity index (χ4n) is 1.87. The van der Waals surface area contributed by atoms with Gasteiger partial charge in [0, 0.05) is 5.56 Å². The summed E-state index contributed by atoms with van der Waals surface area (Å²) in [6, 6.07) is 12.1. The molecule has 0 saturated carbocycles. The minimum absolute atomic E-state index is 0.175. The molecule has 0 saturated heterocycles. The highest BCUT2D eigenvalue weighted by atomic mass is 35.5. The Morgan fingerprint density at radius 1 is 1.09 bits per heavy atom. The van der Waals surface area contributed by atoms with Gasteiger partial charge in [0.2, 0.25) is 0 Å². The monoisotopic (exact) mass is 351 g/mol. The maximum absolute atomic E-state index is 11.9. The lowest BCUT2D eigenvalue weighted by molar-refractivity contribution is -0.143. The third kappa shape index (κ3) is 4.98. The molecular weight excluding hydrogens is 337 g/mol. The van der Waals surface area contributed by atoms with Crippen LogP contribution in [0.3, 0.4) is 0 Å². The molecule has 2 rings (SSSR count). The SMILES string of the molecule is Cc1ccccc1COC(=O)CNC(=O)c1ccc(Cl)c(Cl)c1. The summed E-state index contributed by atoms with van der Waals surface area (Å²) >= 11 is 11.6. The summed E-state index contributed by atoms with van der Waals surface area (Å²) in [6.45, 7) is 1.90. The zero-order valence-corrected chi connectivity index (χ0v) is 13.9. The van der Waals surface area contributed by atoms with Gasteiger partial charge in [0.05, 0.1) is 10.0 Å². The molecule has 0 aliphatic rings. The number of benzene rings is 2. The maximum Gasteiger partial charge on any atom is 0.325 e. The Labute approximate surface area is 144 Å². The summed E-state index contributed by atoms with van der Waals surface area (Å²) in [6.07, 6.45) is 0. The summed E-state index contributed by atoms with van der Waals surface area (Å²) in [5, 5.41) is 3.12. The van der Waals surface area contributed by atoms with Crippen molar-refractivity contribution in [1.82, 2.24) is 5.32 Å². The average molecular weight is 352 g/mol. The molecule has 0 heterocycles. The topological polar surface area (TPSA) is 55.4 Å². The Morgan fingerprint density at radius 3 is 2.52 bits per heavy atom. The number of carbonyl (C=O) groups is 2. The number of rotatable bonds is 5. The Kier molecular flexibility index (Phi) is 6.02. The Balaban J connectivity index is 1.83. The van der Waals surface area contributed by atoms with Gasteiger partial charge in [0.25, 0.3) is 5.91 Å².